The summed E-state index contributed by atoms with van der Waals surface area (Å²) in [6.07, 6.45) is -7.08. The highest BCUT2D eigenvalue weighted by Gasteiger charge is 2.37. The second kappa shape index (κ2) is 10.5. The Hall–Kier alpha value is -3.44. The van der Waals surface area contributed by atoms with Crippen molar-refractivity contribution >= 4 is 5.91 Å². The lowest BCUT2D eigenvalue weighted by molar-refractivity contribution is -0.143. The first-order chi connectivity index (χ1) is 17.4. The highest BCUT2D eigenvalue weighted by Crippen LogP contribution is 2.37. The molecule has 0 bridgehead atoms. The molecule has 1 aliphatic rings. The van der Waals surface area contributed by atoms with E-state index in [4.69, 9.17) is 0 Å². The van der Waals surface area contributed by atoms with Crippen LogP contribution in [0.2, 0.25) is 0 Å². The first-order valence-electron chi connectivity index (χ1n) is 11.5. The van der Waals surface area contributed by atoms with Gasteiger partial charge in [0.1, 0.15) is 0 Å². The summed E-state index contributed by atoms with van der Waals surface area (Å²) in [4.78, 5) is 18.0. The van der Waals surface area contributed by atoms with Crippen LogP contribution >= 0.6 is 0 Å². The number of nitrogens with one attached hydrogen (secondary N) is 1. The fourth-order valence-corrected chi connectivity index (χ4v) is 4.29. The number of nitrogens with zero attached hydrogens (tertiary/aromatic N) is 3. The van der Waals surface area contributed by atoms with E-state index in [1.54, 1.807) is 11.1 Å². The molecule has 37 heavy (non-hydrogen) atoms. The molecule has 5 nitrogen and oxygen atoms in total. The van der Waals surface area contributed by atoms with Gasteiger partial charge in [0.2, 0.25) is 0 Å². The molecule has 0 unspecified atom stereocenters. The minimum Gasteiger partial charge on any atom is -0.314 e. The average molecular weight is 522 g/mol. The van der Waals surface area contributed by atoms with E-state index in [1.807, 2.05) is 31.2 Å². The van der Waals surface area contributed by atoms with Crippen molar-refractivity contribution in [3.05, 3.63) is 88.7 Å². The fourth-order valence-electron chi connectivity index (χ4n) is 4.29. The number of pyridine rings is 1. The Kier molecular flexibility index (Phi) is 7.56. The number of amides is 1. The molecule has 0 aliphatic carbocycles. The monoisotopic (exact) mass is 522 g/mol. The van der Waals surface area contributed by atoms with E-state index in [0.29, 0.717) is 43.9 Å². The van der Waals surface area contributed by atoms with Crippen molar-refractivity contribution in [2.24, 2.45) is 0 Å². The van der Waals surface area contributed by atoms with Crippen LogP contribution in [0.3, 0.4) is 0 Å². The summed E-state index contributed by atoms with van der Waals surface area (Å²) >= 11 is 0. The average Bonchev–Trinajstić information content (AvgIpc) is 2.86. The SMILES string of the molecule is Cc1ccccc1-c1ccncc1C(=O)N(Cc1cc(C(F)(F)F)cc(C(F)(F)F)c1)N1CCNCC1. The van der Waals surface area contributed by atoms with Crippen LogP contribution in [0, 0.1) is 6.92 Å². The molecule has 4 rings (SSSR count). The zero-order valence-corrected chi connectivity index (χ0v) is 19.8. The topological polar surface area (TPSA) is 48.5 Å². The van der Waals surface area contributed by atoms with Crippen LogP contribution in [0.5, 0.6) is 0 Å². The normalized spacial score (nSPS) is 15.0. The summed E-state index contributed by atoms with van der Waals surface area (Å²) in [7, 11) is 0. The van der Waals surface area contributed by atoms with E-state index >= 15 is 0 Å². The Bertz CT molecular complexity index is 1240. The Morgan fingerprint density at radius 2 is 1.57 bits per heavy atom. The van der Waals surface area contributed by atoms with Gasteiger partial charge in [-0.25, -0.2) is 5.01 Å². The lowest BCUT2D eigenvalue weighted by Crippen LogP contribution is -2.54. The Labute approximate surface area is 209 Å². The number of carbonyl (C=O) groups excluding carboxylic acids is 1. The molecule has 0 atom stereocenters. The number of aryl methyl sites for hydroxylation is 1. The maximum Gasteiger partial charge on any atom is 0.416 e. The van der Waals surface area contributed by atoms with Gasteiger partial charge >= 0.3 is 12.4 Å². The summed E-state index contributed by atoms with van der Waals surface area (Å²) in [6.45, 7) is 3.08. The van der Waals surface area contributed by atoms with Crippen molar-refractivity contribution in [1.29, 1.82) is 0 Å². The Morgan fingerprint density at radius 1 is 0.946 bits per heavy atom. The number of hydrazine groups is 1. The number of hydrogen-bond donors (Lipinski definition) is 1. The van der Waals surface area contributed by atoms with Crippen molar-refractivity contribution in [2.45, 2.75) is 25.8 Å². The molecule has 3 aromatic rings. The number of carbonyl (C=O) groups is 1. The van der Waals surface area contributed by atoms with Crippen molar-refractivity contribution < 1.29 is 31.1 Å². The molecular weight excluding hydrogens is 498 g/mol. The summed E-state index contributed by atoms with van der Waals surface area (Å²) < 4.78 is 80.7. The van der Waals surface area contributed by atoms with E-state index < -0.39 is 35.9 Å². The molecule has 196 valence electrons. The predicted octanol–water partition coefficient (Wildman–Crippen LogP) is 5.56. The van der Waals surface area contributed by atoms with Gasteiger partial charge in [0.15, 0.2) is 0 Å². The van der Waals surface area contributed by atoms with Gasteiger partial charge in [-0.05, 0) is 53.4 Å². The molecular formula is C26H24F6N4O. The minimum atomic E-state index is -4.98. The van der Waals surface area contributed by atoms with E-state index in [1.165, 1.54) is 17.4 Å². The minimum absolute atomic E-state index is 0.0812. The van der Waals surface area contributed by atoms with Crippen molar-refractivity contribution in [3.8, 4) is 11.1 Å². The van der Waals surface area contributed by atoms with Gasteiger partial charge in [0.05, 0.1) is 23.2 Å². The summed E-state index contributed by atoms with van der Waals surface area (Å²) in [5, 5.41) is 5.98. The van der Waals surface area contributed by atoms with Crippen LogP contribution in [0.15, 0.2) is 60.9 Å². The molecule has 2 heterocycles. The van der Waals surface area contributed by atoms with Gasteiger partial charge in [-0.3, -0.25) is 14.8 Å². The van der Waals surface area contributed by atoms with Crippen LogP contribution < -0.4 is 5.32 Å². The lowest BCUT2D eigenvalue weighted by atomic mass is 9.97. The van der Waals surface area contributed by atoms with Crippen molar-refractivity contribution in [1.82, 2.24) is 20.3 Å². The van der Waals surface area contributed by atoms with Crippen LogP contribution in [-0.2, 0) is 18.9 Å². The van der Waals surface area contributed by atoms with Crippen LogP contribution in [-0.4, -0.2) is 47.1 Å². The number of hydrogen-bond acceptors (Lipinski definition) is 4. The summed E-state index contributed by atoms with van der Waals surface area (Å²) in [5.74, 6) is -0.570. The molecule has 1 aromatic heterocycles. The first-order valence-corrected chi connectivity index (χ1v) is 11.5. The highest BCUT2D eigenvalue weighted by molar-refractivity contribution is 6.00. The zero-order valence-electron chi connectivity index (χ0n) is 19.8. The van der Waals surface area contributed by atoms with Crippen molar-refractivity contribution in [2.75, 3.05) is 26.2 Å². The molecule has 1 N–H and O–H groups in total. The second-order valence-electron chi connectivity index (χ2n) is 8.72. The van der Waals surface area contributed by atoms with E-state index in [0.717, 1.165) is 11.1 Å². The van der Waals surface area contributed by atoms with Gasteiger partial charge in [-0.15, -0.1) is 0 Å². The molecule has 11 heteroatoms. The highest BCUT2D eigenvalue weighted by atomic mass is 19.4. The number of rotatable bonds is 5. The van der Waals surface area contributed by atoms with Gasteiger partial charge < -0.3 is 5.32 Å². The zero-order chi connectivity index (χ0) is 26.8. The quantitative estimate of drug-likeness (QED) is 0.446. The lowest BCUT2D eigenvalue weighted by Gasteiger charge is -2.38. The third kappa shape index (κ3) is 6.11. The van der Waals surface area contributed by atoms with Crippen LogP contribution in [0.25, 0.3) is 11.1 Å². The Morgan fingerprint density at radius 3 is 2.16 bits per heavy atom. The third-order valence-electron chi connectivity index (χ3n) is 6.14. The smallest absolute Gasteiger partial charge is 0.314 e. The molecule has 0 spiro atoms. The maximum atomic E-state index is 13.9. The molecule has 1 fully saturated rings. The number of alkyl halides is 6. The molecule has 1 saturated heterocycles. The van der Waals surface area contributed by atoms with Gasteiger partial charge in [0.25, 0.3) is 5.91 Å². The first kappa shape index (κ1) is 26.6. The fraction of sp³-hybridized carbons (Fsp3) is 0.308. The largest absolute Gasteiger partial charge is 0.416 e. The third-order valence-corrected chi connectivity index (χ3v) is 6.14. The summed E-state index contributed by atoms with van der Waals surface area (Å²) in [6, 6.07) is 10.4. The van der Waals surface area contributed by atoms with E-state index in [-0.39, 0.29) is 17.2 Å². The van der Waals surface area contributed by atoms with Crippen molar-refractivity contribution in [3.63, 3.8) is 0 Å². The molecule has 1 amide bonds. The molecule has 1 aliphatic heterocycles. The molecule has 0 radical (unpaired) electrons. The van der Waals surface area contributed by atoms with Gasteiger partial charge in [-0.2, -0.15) is 26.3 Å². The second-order valence-corrected chi connectivity index (χ2v) is 8.72. The number of halogens is 6. The standard InChI is InChI=1S/C26H24F6N4O/c1-17-4-2-3-5-21(17)22-6-7-34-15-23(22)24(37)36(35-10-8-33-9-11-35)16-18-12-19(25(27,28)29)14-20(13-18)26(30,31)32/h2-7,12-15,33H,8-11,16H2,1H3. The van der Waals surface area contributed by atoms with Crippen LogP contribution in [0.4, 0.5) is 26.3 Å². The number of aromatic nitrogens is 1. The van der Waals surface area contributed by atoms with Crippen LogP contribution in [0.1, 0.15) is 32.6 Å². The number of benzene rings is 2. The summed E-state index contributed by atoms with van der Waals surface area (Å²) in [5.41, 5.74) is -0.706. The molecule has 2 aromatic carbocycles. The molecule has 0 saturated carbocycles. The van der Waals surface area contributed by atoms with Gasteiger partial charge in [-0.1, -0.05) is 24.3 Å². The Balaban J connectivity index is 1.79. The van der Waals surface area contributed by atoms with E-state index in [2.05, 4.69) is 10.3 Å². The van der Waals surface area contributed by atoms with E-state index in [9.17, 15) is 31.1 Å². The maximum absolute atomic E-state index is 13.9. The predicted molar refractivity (Wildman–Crippen MR) is 125 cm³/mol. The van der Waals surface area contributed by atoms with Gasteiger partial charge in [0, 0.05) is 38.6 Å². The number of piperazine rings is 1.